The van der Waals surface area contributed by atoms with Gasteiger partial charge in [-0.25, -0.2) is 0 Å². The van der Waals surface area contributed by atoms with E-state index in [9.17, 15) is 4.21 Å². The van der Waals surface area contributed by atoms with E-state index in [-0.39, 0.29) is 0 Å². The fraction of sp³-hybridized carbons (Fsp3) is 0.188. The summed E-state index contributed by atoms with van der Waals surface area (Å²) in [7, 11) is 0.541. The van der Waals surface area contributed by atoms with Gasteiger partial charge in [-0.15, -0.1) is 0 Å². The minimum absolute atomic E-state index is 0.383. The second-order valence-electron chi connectivity index (χ2n) is 4.35. The highest BCUT2D eigenvalue weighted by Crippen LogP contribution is 2.22. The third-order valence-corrected chi connectivity index (χ3v) is 4.18. The SMILES string of the molecule is COc1ccc(C#N)cc1CS(=O)Cc1ccccc1. The maximum absolute atomic E-state index is 12.2. The Kier molecular flexibility index (Phi) is 4.91. The van der Waals surface area contributed by atoms with Gasteiger partial charge in [0.25, 0.3) is 0 Å². The highest BCUT2D eigenvalue weighted by molar-refractivity contribution is 7.83. The van der Waals surface area contributed by atoms with Gasteiger partial charge in [0.1, 0.15) is 5.75 Å². The molecule has 3 nitrogen and oxygen atoms in total. The van der Waals surface area contributed by atoms with Crippen molar-refractivity contribution >= 4 is 10.8 Å². The molecule has 0 saturated carbocycles. The highest BCUT2D eigenvalue weighted by atomic mass is 32.2. The van der Waals surface area contributed by atoms with Crippen molar-refractivity contribution in [1.29, 1.82) is 5.26 Å². The number of hydrogen-bond donors (Lipinski definition) is 0. The van der Waals surface area contributed by atoms with Crippen LogP contribution in [0.25, 0.3) is 0 Å². The van der Waals surface area contributed by atoms with E-state index in [0.717, 1.165) is 11.1 Å². The van der Waals surface area contributed by atoms with Crippen LogP contribution in [0.1, 0.15) is 16.7 Å². The smallest absolute Gasteiger partial charge is 0.123 e. The largest absolute Gasteiger partial charge is 0.496 e. The van der Waals surface area contributed by atoms with Gasteiger partial charge in [-0.2, -0.15) is 5.26 Å². The summed E-state index contributed by atoms with van der Waals surface area (Å²) in [5.74, 6) is 1.55. The Labute approximate surface area is 121 Å². The van der Waals surface area contributed by atoms with Gasteiger partial charge in [0, 0.05) is 22.1 Å². The van der Waals surface area contributed by atoms with Crippen LogP contribution < -0.4 is 4.74 Å². The summed E-state index contributed by atoms with van der Waals surface area (Å²) in [6.45, 7) is 0. The van der Waals surface area contributed by atoms with E-state index in [0.29, 0.717) is 22.8 Å². The summed E-state index contributed by atoms with van der Waals surface area (Å²) >= 11 is 0. The number of nitrogens with zero attached hydrogens (tertiary/aromatic N) is 1. The van der Waals surface area contributed by atoms with E-state index >= 15 is 0 Å². The first-order valence-electron chi connectivity index (χ1n) is 6.19. The first-order valence-corrected chi connectivity index (χ1v) is 7.67. The summed E-state index contributed by atoms with van der Waals surface area (Å²) in [4.78, 5) is 0. The van der Waals surface area contributed by atoms with Gasteiger partial charge in [-0.3, -0.25) is 4.21 Å². The molecule has 1 unspecified atom stereocenters. The summed E-state index contributed by atoms with van der Waals surface area (Å²) in [6, 6.07) is 17.0. The van der Waals surface area contributed by atoms with E-state index in [2.05, 4.69) is 6.07 Å². The summed E-state index contributed by atoms with van der Waals surface area (Å²) in [5, 5.41) is 8.93. The summed E-state index contributed by atoms with van der Waals surface area (Å²) < 4.78 is 17.5. The van der Waals surface area contributed by atoms with Gasteiger partial charge in [0.2, 0.25) is 0 Å². The van der Waals surface area contributed by atoms with Crippen LogP contribution >= 0.6 is 0 Å². The molecule has 2 rings (SSSR count). The molecule has 0 radical (unpaired) electrons. The Hall–Kier alpha value is -2.12. The predicted molar refractivity (Wildman–Crippen MR) is 79.7 cm³/mol. The summed E-state index contributed by atoms with van der Waals surface area (Å²) in [5.41, 5.74) is 2.40. The molecule has 20 heavy (non-hydrogen) atoms. The highest BCUT2D eigenvalue weighted by Gasteiger charge is 2.09. The van der Waals surface area contributed by atoms with Gasteiger partial charge < -0.3 is 4.74 Å². The number of ether oxygens (including phenoxy) is 1. The molecule has 1 atom stereocenters. The monoisotopic (exact) mass is 285 g/mol. The van der Waals surface area contributed by atoms with Crippen molar-refractivity contribution in [3.05, 3.63) is 65.2 Å². The normalized spacial score (nSPS) is 11.6. The fourth-order valence-electron chi connectivity index (χ4n) is 1.95. The molecular formula is C16H15NO2S. The van der Waals surface area contributed by atoms with E-state index in [1.807, 2.05) is 30.3 Å². The van der Waals surface area contributed by atoms with Crippen LogP contribution in [0.15, 0.2) is 48.5 Å². The quantitative estimate of drug-likeness (QED) is 0.848. The molecule has 2 aromatic carbocycles. The van der Waals surface area contributed by atoms with Crippen LogP contribution in [0, 0.1) is 11.3 Å². The fourth-order valence-corrected chi connectivity index (χ4v) is 3.18. The average molecular weight is 285 g/mol. The Morgan fingerprint density at radius 3 is 2.55 bits per heavy atom. The minimum Gasteiger partial charge on any atom is -0.496 e. The molecular weight excluding hydrogens is 270 g/mol. The standard InChI is InChI=1S/C16H15NO2S/c1-19-16-8-7-14(10-17)9-15(16)12-20(18)11-13-5-3-2-4-6-13/h2-9H,11-12H2,1H3. The molecule has 0 heterocycles. The van der Waals surface area contributed by atoms with Gasteiger partial charge in [0.05, 0.1) is 24.5 Å². The molecule has 0 saturated heterocycles. The molecule has 0 aliphatic rings. The molecule has 0 aromatic heterocycles. The Morgan fingerprint density at radius 2 is 1.90 bits per heavy atom. The van der Waals surface area contributed by atoms with Crippen LogP contribution in [0.4, 0.5) is 0 Å². The zero-order valence-corrected chi connectivity index (χ0v) is 12.0. The van der Waals surface area contributed by atoms with Crippen molar-refractivity contribution in [2.45, 2.75) is 11.5 Å². The molecule has 4 heteroatoms. The molecule has 0 fully saturated rings. The third-order valence-electron chi connectivity index (χ3n) is 2.90. The predicted octanol–water partition coefficient (Wildman–Crippen LogP) is 3.02. The zero-order chi connectivity index (χ0) is 14.4. The molecule has 2 aromatic rings. The molecule has 0 bridgehead atoms. The molecule has 0 N–H and O–H groups in total. The van der Waals surface area contributed by atoms with Gasteiger partial charge in [-0.1, -0.05) is 30.3 Å². The molecule has 0 amide bonds. The maximum Gasteiger partial charge on any atom is 0.123 e. The Balaban J connectivity index is 2.13. The maximum atomic E-state index is 12.2. The average Bonchev–Trinajstić information content (AvgIpc) is 2.48. The first-order chi connectivity index (χ1) is 9.72. The number of hydrogen-bond acceptors (Lipinski definition) is 3. The minimum atomic E-state index is -1.03. The van der Waals surface area contributed by atoms with Gasteiger partial charge >= 0.3 is 0 Å². The third kappa shape index (κ3) is 3.69. The van der Waals surface area contributed by atoms with Gasteiger partial charge in [-0.05, 0) is 23.8 Å². The van der Waals surface area contributed by atoms with Crippen molar-refractivity contribution < 1.29 is 8.95 Å². The van der Waals surface area contributed by atoms with E-state index in [1.54, 1.807) is 25.3 Å². The lowest BCUT2D eigenvalue weighted by atomic mass is 10.1. The number of methoxy groups -OCH3 is 1. The molecule has 102 valence electrons. The lowest BCUT2D eigenvalue weighted by molar-refractivity contribution is 0.411. The van der Waals surface area contributed by atoms with E-state index in [4.69, 9.17) is 10.00 Å². The summed E-state index contributed by atoms with van der Waals surface area (Å²) in [6.07, 6.45) is 0. The van der Waals surface area contributed by atoms with Crippen LogP contribution in [-0.2, 0) is 22.3 Å². The van der Waals surface area contributed by atoms with Crippen molar-refractivity contribution in [1.82, 2.24) is 0 Å². The number of nitriles is 1. The number of benzene rings is 2. The molecule has 0 spiro atoms. The topological polar surface area (TPSA) is 50.1 Å². The van der Waals surface area contributed by atoms with E-state index < -0.39 is 10.8 Å². The van der Waals surface area contributed by atoms with Crippen molar-refractivity contribution in [3.63, 3.8) is 0 Å². The van der Waals surface area contributed by atoms with Crippen molar-refractivity contribution in [2.24, 2.45) is 0 Å². The van der Waals surface area contributed by atoms with Crippen LogP contribution in [-0.4, -0.2) is 11.3 Å². The Bertz CT molecular complexity index is 647. The lowest BCUT2D eigenvalue weighted by Gasteiger charge is -2.09. The zero-order valence-electron chi connectivity index (χ0n) is 11.2. The van der Waals surface area contributed by atoms with Crippen LogP contribution in [0.3, 0.4) is 0 Å². The Morgan fingerprint density at radius 1 is 1.15 bits per heavy atom. The van der Waals surface area contributed by atoms with Gasteiger partial charge in [0.15, 0.2) is 0 Å². The first kappa shape index (κ1) is 14.3. The lowest BCUT2D eigenvalue weighted by Crippen LogP contribution is -2.02. The number of rotatable bonds is 5. The van der Waals surface area contributed by atoms with E-state index in [1.165, 1.54) is 0 Å². The van der Waals surface area contributed by atoms with Crippen LogP contribution in [0.2, 0.25) is 0 Å². The molecule has 0 aliphatic heterocycles. The second-order valence-corrected chi connectivity index (χ2v) is 5.81. The van der Waals surface area contributed by atoms with Crippen molar-refractivity contribution in [3.8, 4) is 11.8 Å². The van der Waals surface area contributed by atoms with Crippen molar-refractivity contribution in [2.75, 3.05) is 7.11 Å². The molecule has 0 aliphatic carbocycles. The second kappa shape index (κ2) is 6.88. The van der Waals surface area contributed by atoms with Crippen LogP contribution in [0.5, 0.6) is 5.75 Å².